The number of rotatable bonds is 8. The second-order valence-electron chi connectivity index (χ2n) is 13.8. The van der Waals surface area contributed by atoms with Gasteiger partial charge in [-0.05, 0) is 139 Å². The van der Waals surface area contributed by atoms with Crippen LogP contribution in [0.1, 0.15) is 29.2 Å². The van der Waals surface area contributed by atoms with E-state index in [1.54, 1.807) is 37.5 Å². The minimum Gasteiger partial charge on any atom is -0.166 e. The first kappa shape index (κ1) is 48.5. The van der Waals surface area contributed by atoms with Crippen LogP contribution in [0.3, 0.4) is 0 Å². The first-order valence-electron chi connectivity index (χ1n) is 18.2. The summed E-state index contributed by atoms with van der Waals surface area (Å²) in [4.78, 5) is 0. The van der Waals surface area contributed by atoms with E-state index in [2.05, 4.69) is 0 Å². The van der Waals surface area contributed by atoms with Gasteiger partial charge in [0.1, 0.15) is 0 Å². The molecule has 61 heavy (non-hydrogen) atoms. The van der Waals surface area contributed by atoms with Gasteiger partial charge in [0.05, 0.1) is 22.3 Å². The molecule has 0 aromatic heterocycles. The van der Waals surface area contributed by atoms with Gasteiger partial charge in [0.2, 0.25) is 0 Å². The zero-order valence-corrected chi connectivity index (χ0v) is 34.7. The number of benzene rings is 5. The number of hydrogen-bond donors (Lipinski definition) is 0. The summed E-state index contributed by atoms with van der Waals surface area (Å²) in [6, 6.07) is 28.9. The quantitative estimate of drug-likeness (QED) is 0.0630. The van der Waals surface area contributed by atoms with E-state index in [0.29, 0.717) is 35.7 Å². The first-order chi connectivity index (χ1) is 28.2. The Kier molecular flexibility index (Phi) is 15.4. The summed E-state index contributed by atoms with van der Waals surface area (Å²) < 4.78 is 171. The van der Waals surface area contributed by atoms with Crippen molar-refractivity contribution in [2.45, 2.75) is 37.3 Å². The van der Waals surface area contributed by atoms with Crippen LogP contribution < -0.4 is 26.2 Å². The molecular weight excluding hydrogens is 895 g/mol. The molecule has 10 radical (unpaired) electrons. The van der Waals surface area contributed by atoms with Crippen molar-refractivity contribution in [3.05, 3.63) is 212 Å². The molecule has 0 spiro atoms. The predicted molar refractivity (Wildman–Crippen MR) is 213 cm³/mol. The molecule has 1 atom stereocenters. The van der Waals surface area contributed by atoms with Gasteiger partial charge in [-0.3, -0.25) is 0 Å². The average molecular weight is 929 g/mol. The van der Waals surface area contributed by atoms with Crippen LogP contribution in [0.15, 0.2) is 127 Å². The molecule has 5 aromatic rings. The van der Waals surface area contributed by atoms with Gasteiger partial charge >= 0.3 is 41.8 Å². The number of alkyl halides is 12. The maximum absolute atomic E-state index is 14.2. The summed E-state index contributed by atoms with van der Waals surface area (Å²) >= 11 is 0. The van der Waals surface area contributed by atoms with E-state index in [1.807, 2.05) is 105 Å². The predicted octanol–water partition coefficient (Wildman–Crippen LogP) is 11.1. The van der Waals surface area contributed by atoms with Crippen molar-refractivity contribution in [2.75, 3.05) is 0 Å². The van der Waals surface area contributed by atoms with Crippen LogP contribution in [0.25, 0.3) is 0 Å². The molecule has 5 aromatic carbocycles. The summed E-state index contributed by atoms with van der Waals surface area (Å²) in [6.45, 7) is 1.42. The molecule has 0 saturated heterocycles. The maximum Gasteiger partial charge on any atom is 2.00 e. The fraction of sp³-hybridized carbons (Fsp3) is 0.130. The van der Waals surface area contributed by atoms with Gasteiger partial charge in [-0.25, -0.2) is 0 Å². The molecule has 0 aliphatic heterocycles. The third-order valence-electron chi connectivity index (χ3n) is 9.97. The van der Waals surface area contributed by atoms with E-state index in [-0.39, 0.29) is 29.2 Å². The van der Waals surface area contributed by atoms with Crippen LogP contribution in [0.2, 0.25) is 0 Å². The van der Waals surface area contributed by atoms with E-state index in [9.17, 15) is 52.7 Å². The molecule has 2 aliphatic rings. The largest absolute Gasteiger partial charge is 2.00 e. The average Bonchev–Trinajstić information content (AvgIpc) is 3.95. The van der Waals surface area contributed by atoms with Crippen molar-refractivity contribution in [3.8, 4) is 0 Å². The maximum atomic E-state index is 14.2. The molecule has 0 heterocycles. The summed E-state index contributed by atoms with van der Waals surface area (Å²) in [7, 11) is -6.34. The number of hydrogen-bond acceptors (Lipinski definition) is 0. The summed E-state index contributed by atoms with van der Waals surface area (Å²) in [5.41, 5.74) is -7.60. The monoisotopic (exact) mass is 928 g/mol. The Morgan fingerprint density at radius 1 is 0.410 bits per heavy atom. The topological polar surface area (TPSA) is 0 Å². The Bertz CT molecular complexity index is 1920. The third kappa shape index (κ3) is 11.0. The standard InChI is InChI=1S/C41H28F12PSi.C5H5.Fe/c1-26(36-18-11-19-37(36)55(33-12-5-2-6-13-33,34-14-7-3-8-15-34)35-16-9-4-10-17-35)54(31-22-27(38(42,43)44)20-28(23-31)39(45,46)47)32-24-29(40(48,49)50)21-30(25-32)41(51,52)53;1-2-4-5-3-1;/h2-26H,1H3;1-5H;/q;;+2/t26-;;/m1../s1. The molecule has 0 N–H and O–H groups in total. The van der Waals surface area contributed by atoms with Crippen LogP contribution in [0.4, 0.5) is 52.7 Å². The van der Waals surface area contributed by atoms with Crippen LogP contribution >= 0.6 is 7.92 Å². The van der Waals surface area contributed by atoms with Crippen molar-refractivity contribution in [1.29, 1.82) is 0 Å². The second kappa shape index (κ2) is 19.4. The van der Waals surface area contributed by atoms with E-state index < -0.39 is 79.2 Å². The van der Waals surface area contributed by atoms with Gasteiger partial charge in [0, 0.05) is 0 Å². The zero-order valence-electron chi connectivity index (χ0n) is 31.7. The minimum atomic E-state index is -5.34. The molecule has 7 rings (SSSR count). The minimum absolute atomic E-state index is 0. The molecule has 316 valence electrons. The van der Waals surface area contributed by atoms with Gasteiger partial charge in [-0.15, -0.1) is 0 Å². The van der Waals surface area contributed by atoms with Crippen molar-refractivity contribution in [1.82, 2.24) is 0 Å². The molecule has 2 saturated carbocycles. The van der Waals surface area contributed by atoms with Crippen LogP contribution in [-0.4, -0.2) is 13.7 Å². The van der Waals surface area contributed by atoms with Gasteiger partial charge in [0.25, 0.3) is 0 Å². The normalized spacial score (nSPS) is 16.2. The van der Waals surface area contributed by atoms with Crippen LogP contribution in [0.5, 0.6) is 0 Å². The fourth-order valence-corrected chi connectivity index (χ4v) is 15.4. The van der Waals surface area contributed by atoms with Gasteiger partial charge < -0.3 is 0 Å². The molecule has 0 nitrogen and oxygen atoms in total. The fourth-order valence-electron chi connectivity index (χ4n) is 7.38. The van der Waals surface area contributed by atoms with Gasteiger partial charge in [-0.1, -0.05) is 97.9 Å². The zero-order chi connectivity index (χ0) is 43.5. The Morgan fingerprint density at radius 2 is 0.705 bits per heavy atom. The molecule has 0 amide bonds. The van der Waals surface area contributed by atoms with Crippen molar-refractivity contribution >= 4 is 42.2 Å². The first-order valence-corrected chi connectivity index (χ1v) is 21.6. The Labute approximate surface area is 360 Å². The second-order valence-corrected chi connectivity index (χ2v) is 20.1. The van der Waals surface area contributed by atoms with E-state index in [0.717, 1.165) is 15.6 Å². The van der Waals surface area contributed by atoms with E-state index in [4.69, 9.17) is 0 Å². The summed E-state index contributed by atoms with van der Waals surface area (Å²) in [5, 5.41) is 1.08. The molecular formula is C46H33F12FePSi+2. The molecule has 15 heteroatoms. The van der Waals surface area contributed by atoms with E-state index in [1.165, 1.54) is 6.92 Å². The third-order valence-corrected chi connectivity index (χ3v) is 17.5. The Balaban J connectivity index is 0.00000109. The van der Waals surface area contributed by atoms with Crippen molar-refractivity contribution in [3.63, 3.8) is 0 Å². The Morgan fingerprint density at radius 3 is 0.984 bits per heavy atom. The number of halogens is 12. The van der Waals surface area contributed by atoms with Gasteiger partial charge in [0.15, 0.2) is 8.07 Å². The Hall–Kier alpha value is -3.57. The summed E-state index contributed by atoms with van der Waals surface area (Å²) in [6.07, 6.45) is -6.38. The van der Waals surface area contributed by atoms with Crippen LogP contribution in [-0.2, 0) is 41.8 Å². The SMILES string of the molecule is C[C@H]([C]1[CH][CH][CH][C]1[Si](c1ccccc1)(c1ccccc1)c1ccccc1)P(c1cc(C(F)(F)F)cc(C(F)(F)F)c1)c1cc(C(F)(F)F)cc(C(F)(F)F)c1.[CH]1[CH][CH][CH][CH]1.[Fe+2]. The molecule has 2 fully saturated rings. The molecule has 2 aliphatic carbocycles. The van der Waals surface area contributed by atoms with Crippen molar-refractivity contribution < 1.29 is 69.8 Å². The van der Waals surface area contributed by atoms with Gasteiger partial charge in [-0.2, -0.15) is 52.7 Å². The van der Waals surface area contributed by atoms with Crippen molar-refractivity contribution in [2.24, 2.45) is 0 Å². The molecule has 0 bridgehead atoms. The van der Waals surface area contributed by atoms with E-state index >= 15 is 0 Å². The molecule has 0 unspecified atom stereocenters. The van der Waals surface area contributed by atoms with Crippen LogP contribution in [0, 0.1) is 62.8 Å². The smallest absolute Gasteiger partial charge is 0.166 e. The summed E-state index contributed by atoms with van der Waals surface area (Å²) in [5.74, 6) is 0.353.